The van der Waals surface area contributed by atoms with Crippen molar-refractivity contribution in [3.8, 4) is 0 Å². The molecule has 0 spiro atoms. The molecule has 0 unspecified atom stereocenters. The number of ketones is 1. The van der Waals surface area contributed by atoms with Crippen LogP contribution in [0.2, 0.25) is 0 Å². The van der Waals surface area contributed by atoms with Crippen LogP contribution in [0, 0.1) is 0 Å². The van der Waals surface area contributed by atoms with Crippen molar-refractivity contribution < 1.29 is 4.79 Å². The number of hydrogen-bond acceptors (Lipinski definition) is 7. The van der Waals surface area contributed by atoms with E-state index in [1.165, 1.54) is 23.1 Å². The maximum absolute atomic E-state index is 12.1. The van der Waals surface area contributed by atoms with E-state index in [2.05, 4.69) is 19.2 Å². The summed E-state index contributed by atoms with van der Waals surface area (Å²) in [4.78, 5) is 12.1. The highest BCUT2D eigenvalue weighted by atomic mass is 32.1. The van der Waals surface area contributed by atoms with E-state index in [1.54, 1.807) is 0 Å². The van der Waals surface area contributed by atoms with E-state index < -0.39 is 0 Å². The van der Waals surface area contributed by atoms with E-state index in [9.17, 15) is 4.79 Å². The second-order valence-electron chi connectivity index (χ2n) is 3.83. The summed E-state index contributed by atoms with van der Waals surface area (Å²) < 4.78 is 7.55. The zero-order valence-electron chi connectivity index (χ0n) is 9.24. The summed E-state index contributed by atoms with van der Waals surface area (Å²) >= 11 is 2.56. The highest BCUT2D eigenvalue weighted by Gasteiger charge is 2.23. The number of nitrogens with zero attached hydrogens (tertiary/aromatic N) is 4. The van der Waals surface area contributed by atoms with Crippen LogP contribution >= 0.6 is 23.1 Å². The van der Waals surface area contributed by atoms with Crippen molar-refractivity contribution in [3.63, 3.8) is 0 Å². The Hall–Kier alpha value is -1.73. The molecule has 0 bridgehead atoms. The molecule has 1 fully saturated rings. The number of allylic oxidation sites excluding steroid dienone is 2. The van der Waals surface area contributed by atoms with E-state index in [1.807, 2.05) is 22.9 Å². The van der Waals surface area contributed by atoms with Crippen molar-refractivity contribution in [3.05, 3.63) is 33.3 Å². The summed E-state index contributed by atoms with van der Waals surface area (Å²) in [5.74, 6) is 0.0796. The number of Topliss-reactive ketones (excluding diaryl/α,β-unsaturated/α-hetero) is 1. The predicted octanol–water partition coefficient (Wildman–Crippen LogP) is 2.22. The van der Waals surface area contributed by atoms with Crippen molar-refractivity contribution in [2.45, 2.75) is 12.8 Å². The van der Waals surface area contributed by atoms with Crippen LogP contribution in [0.1, 0.15) is 24.2 Å². The molecule has 5 nitrogen and oxygen atoms in total. The van der Waals surface area contributed by atoms with Crippen LogP contribution in [0.3, 0.4) is 0 Å². The summed E-state index contributed by atoms with van der Waals surface area (Å²) in [6.45, 7) is 0. The fraction of sp³-hybridized carbons (Fsp3) is 0.182. The van der Waals surface area contributed by atoms with Gasteiger partial charge in [-0.25, -0.2) is 0 Å². The fourth-order valence-electron chi connectivity index (χ4n) is 1.80. The molecular weight excluding hydrogens is 268 g/mol. The Morgan fingerprint density at radius 3 is 1.83 bits per heavy atom. The highest BCUT2D eigenvalue weighted by Crippen LogP contribution is 2.29. The van der Waals surface area contributed by atoms with Crippen molar-refractivity contribution in [1.29, 1.82) is 0 Å². The summed E-state index contributed by atoms with van der Waals surface area (Å²) in [6.07, 6.45) is 5.12. The average Bonchev–Trinajstić information content (AvgIpc) is 3.08. The maximum atomic E-state index is 12.1. The van der Waals surface area contributed by atoms with Gasteiger partial charge < -0.3 is 0 Å². The molecule has 18 heavy (non-hydrogen) atoms. The van der Waals surface area contributed by atoms with Gasteiger partial charge in [0.15, 0.2) is 5.78 Å². The molecule has 7 heteroatoms. The van der Waals surface area contributed by atoms with Gasteiger partial charge >= 0.3 is 0 Å². The monoisotopic (exact) mass is 276 g/mol. The molecule has 0 amide bonds. The number of carbonyl (C=O) groups is 1. The predicted molar refractivity (Wildman–Crippen MR) is 70.0 cm³/mol. The molecule has 2 aromatic rings. The molecule has 0 saturated heterocycles. The molecule has 1 aliphatic rings. The van der Waals surface area contributed by atoms with E-state index in [-0.39, 0.29) is 5.78 Å². The van der Waals surface area contributed by atoms with Gasteiger partial charge in [0.05, 0.1) is 11.4 Å². The molecule has 0 aromatic carbocycles. The van der Waals surface area contributed by atoms with E-state index in [0.717, 1.165) is 35.4 Å². The minimum atomic E-state index is 0.0796. The topological polar surface area (TPSA) is 68.6 Å². The van der Waals surface area contributed by atoms with Gasteiger partial charge in [0.1, 0.15) is 0 Å². The molecule has 0 radical (unpaired) electrons. The van der Waals surface area contributed by atoms with Crippen LogP contribution in [0.5, 0.6) is 0 Å². The quantitative estimate of drug-likeness (QED) is 0.787. The van der Waals surface area contributed by atoms with Gasteiger partial charge in [0.2, 0.25) is 0 Å². The molecule has 1 aliphatic carbocycles. The van der Waals surface area contributed by atoms with E-state index in [0.29, 0.717) is 0 Å². The first-order chi connectivity index (χ1) is 8.83. The summed E-state index contributed by atoms with van der Waals surface area (Å²) in [6, 6.07) is 0. The maximum Gasteiger partial charge on any atom is 0.185 e. The van der Waals surface area contributed by atoms with Gasteiger partial charge in [-0.2, -0.15) is 0 Å². The molecule has 3 rings (SSSR count). The van der Waals surface area contributed by atoms with E-state index >= 15 is 0 Å². The Bertz CT molecular complexity index is 559. The fourth-order valence-corrected chi connectivity index (χ4v) is 2.63. The highest BCUT2D eigenvalue weighted by molar-refractivity contribution is 7.03. The van der Waals surface area contributed by atoms with E-state index in [4.69, 9.17) is 0 Å². The Morgan fingerprint density at radius 2 is 1.44 bits per heavy atom. The molecule has 2 heterocycles. The normalized spacial score (nSPS) is 20.1. The Kier molecular flexibility index (Phi) is 3.07. The zero-order valence-corrected chi connectivity index (χ0v) is 10.9. The third-order valence-corrected chi connectivity index (χ3v) is 3.69. The number of aromatic nitrogens is 4. The molecule has 2 aromatic heterocycles. The molecule has 1 saturated carbocycles. The Labute approximate surface area is 111 Å². The largest absolute Gasteiger partial charge is 0.289 e. The lowest BCUT2D eigenvalue weighted by atomic mass is 10.1. The van der Waals surface area contributed by atoms with Crippen molar-refractivity contribution in [2.75, 3.05) is 0 Å². The lowest BCUT2D eigenvalue weighted by Crippen LogP contribution is -1.95. The molecule has 0 N–H and O–H groups in total. The molecule has 0 aliphatic heterocycles. The Morgan fingerprint density at radius 1 is 0.944 bits per heavy atom. The van der Waals surface area contributed by atoms with Gasteiger partial charge in [-0.05, 0) is 48.1 Å². The van der Waals surface area contributed by atoms with Crippen molar-refractivity contribution in [2.24, 2.45) is 0 Å². The third-order valence-electron chi connectivity index (χ3n) is 2.64. The molecule has 0 atom stereocenters. The lowest BCUT2D eigenvalue weighted by Gasteiger charge is -1.92. The standard InChI is InChI=1S/C11H8N4OS2/c16-11-7(3-9-5-17-14-12-9)1-2-8(11)4-10-6-18-15-13-10/h3-6H,1-2H2/b7-3+,8-4+. The van der Waals surface area contributed by atoms with Gasteiger partial charge in [-0.1, -0.05) is 8.98 Å². The van der Waals surface area contributed by atoms with Gasteiger partial charge in [0, 0.05) is 21.9 Å². The first-order valence-electron chi connectivity index (χ1n) is 5.33. The lowest BCUT2D eigenvalue weighted by molar-refractivity contribution is -0.111. The second-order valence-corrected chi connectivity index (χ2v) is 5.05. The Balaban J connectivity index is 1.85. The summed E-state index contributed by atoms with van der Waals surface area (Å²) in [7, 11) is 0. The van der Waals surface area contributed by atoms with Gasteiger partial charge in [-0.3, -0.25) is 4.79 Å². The summed E-state index contributed by atoms with van der Waals surface area (Å²) in [5.41, 5.74) is 3.08. The average molecular weight is 276 g/mol. The third kappa shape index (κ3) is 2.27. The minimum Gasteiger partial charge on any atom is -0.289 e. The second kappa shape index (κ2) is 4.87. The summed E-state index contributed by atoms with van der Waals surface area (Å²) in [5, 5.41) is 11.5. The molecule has 90 valence electrons. The van der Waals surface area contributed by atoms with Crippen LogP contribution in [0.4, 0.5) is 0 Å². The van der Waals surface area contributed by atoms with Crippen LogP contribution in [-0.4, -0.2) is 25.0 Å². The molecular formula is C11H8N4OS2. The number of rotatable bonds is 2. The number of carbonyl (C=O) groups excluding carboxylic acids is 1. The van der Waals surface area contributed by atoms with Gasteiger partial charge in [0.25, 0.3) is 0 Å². The van der Waals surface area contributed by atoms with Gasteiger partial charge in [-0.15, -0.1) is 10.2 Å². The van der Waals surface area contributed by atoms with Crippen molar-refractivity contribution >= 4 is 41.0 Å². The SMILES string of the molecule is O=C1/C(=C/c2csnn2)CC/C1=C\c1csnn1. The van der Waals surface area contributed by atoms with Crippen LogP contribution in [0.25, 0.3) is 12.2 Å². The zero-order chi connectivity index (χ0) is 12.4. The first-order valence-corrected chi connectivity index (χ1v) is 7.00. The van der Waals surface area contributed by atoms with Crippen molar-refractivity contribution in [1.82, 2.24) is 19.2 Å². The van der Waals surface area contributed by atoms with Crippen LogP contribution < -0.4 is 0 Å². The smallest absolute Gasteiger partial charge is 0.185 e. The van der Waals surface area contributed by atoms with Crippen LogP contribution in [0.15, 0.2) is 21.9 Å². The van der Waals surface area contributed by atoms with Crippen LogP contribution in [-0.2, 0) is 4.79 Å². The number of hydrogen-bond donors (Lipinski definition) is 0. The minimum absolute atomic E-state index is 0.0796. The first kappa shape index (κ1) is 11.4.